The molecule has 3 aliphatic carbocycles. The molecule has 4 aliphatic heterocycles. The molecule has 0 spiro atoms. The van der Waals surface area contributed by atoms with Crippen molar-refractivity contribution in [1.82, 2.24) is 59.0 Å². The number of amides is 3. The van der Waals surface area contributed by atoms with Crippen LogP contribution in [0, 0.1) is 17.5 Å². The third-order valence-electron chi connectivity index (χ3n) is 23.1. The average Bonchev–Trinajstić information content (AvgIpc) is 1.61. The lowest BCUT2D eigenvalue weighted by molar-refractivity contribution is 0.00578. The molecule has 121 heavy (non-hydrogen) atoms. The number of piperidine rings is 1. The number of hydrogen-bond donors (Lipinski definition) is 0. The number of carbonyl (C=O) groups excluding carboxylic acids is 6. The number of likely N-dealkylation sites (tertiary alicyclic amines) is 1. The summed E-state index contributed by atoms with van der Waals surface area (Å²) < 4.78 is 89.0. The molecule has 0 bridgehead atoms. The Kier molecular flexibility index (Phi) is 26.0. The Labute approximate surface area is 707 Å². The Morgan fingerprint density at radius 3 is 1.17 bits per heavy atom. The molecule has 31 heteroatoms. The SMILES string of the molecule is CC(C)(C)OC(=O)N1CC=C(B2OC(C)(C)C(C)(C)O2)CC1.COC(=O)c1cc(C2=CCN(C(=O)OC(C)(C)C)CC2)c2c(C3CCC3)nn(-c3ccc(F)cc3)c2n1.COC(=O)c1cc(C2CCN(C(=O)OC(C)(C)C)CC2)c2c(C3CCC3)nn(-c3ccc(F)cc3)c2n1.COC(=O)c1cc(Cl)c2c(C3CCC3)nn(-c3ccc(F)cc3)c2n1. The first kappa shape index (κ1) is 88.1. The maximum absolute atomic E-state index is 13.7. The zero-order chi connectivity index (χ0) is 86.9. The molecule has 16 rings (SSSR count). The molecule has 0 N–H and O–H groups in total. The Balaban J connectivity index is 0.000000143. The molecule has 9 aromatic rings. The molecule has 6 aromatic heterocycles. The summed E-state index contributed by atoms with van der Waals surface area (Å²) in [6.07, 6.45) is 15.6. The maximum Gasteiger partial charge on any atom is 0.490 e. The molecule has 7 aliphatic rings. The van der Waals surface area contributed by atoms with Gasteiger partial charge in [-0.3, -0.25) is 0 Å². The fraction of sp³-hybridized carbons (Fsp3) is 0.489. The second kappa shape index (κ2) is 35.8. The molecule has 0 atom stereocenters. The van der Waals surface area contributed by atoms with Gasteiger partial charge in [-0.15, -0.1) is 0 Å². The highest BCUT2D eigenvalue weighted by Crippen LogP contribution is 2.47. The van der Waals surface area contributed by atoms with Crippen LogP contribution in [-0.2, 0) is 37.7 Å². The maximum atomic E-state index is 13.7. The number of esters is 3. The van der Waals surface area contributed by atoms with E-state index in [0.29, 0.717) is 96.6 Å². The quantitative estimate of drug-likeness (QED) is 0.0624. The van der Waals surface area contributed by atoms with Gasteiger partial charge in [0, 0.05) is 62.4 Å². The molecule has 3 saturated carbocycles. The van der Waals surface area contributed by atoms with Crippen LogP contribution < -0.4 is 0 Å². The second-order valence-electron chi connectivity index (χ2n) is 35.6. The van der Waals surface area contributed by atoms with Crippen LogP contribution in [0.25, 0.3) is 55.7 Å². The number of nitrogens with zero attached hydrogens (tertiary/aromatic N) is 12. The molecule has 26 nitrogen and oxygen atoms in total. The van der Waals surface area contributed by atoms with Crippen LogP contribution in [0.4, 0.5) is 27.6 Å². The van der Waals surface area contributed by atoms with E-state index in [1.807, 2.05) is 108 Å². The van der Waals surface area contributed by atoms with Gasteiger partial charge in [0.15, 0.2) is 34.0 Å². The number of rotatable bonds is 12. The number of ether oxygens (including phenoxy) is 6. The summed E-state index contributed by atoms with van der Waals surface area (Å²) in [5.74, 6) is -1.61. The normalized spacial score (nSPS) is 17.6. The summed E-state index contributed by atoms with van der Waals surface area (Å²) in [7, 11) is 3.64. The molecule has 0 radical (unpaired) electrons. The van der Waals surface area contributed by atoms with E-state index in [-0.39, 0.29) is 83.0 Å². The Bertz CT molecular complexity index is 5420. The van der Waals surface area contributed by atoms with E-state index in [9.17, 15) is 41.9 Å². The third kappa shape index (κ3) is 19.9. The van der Waals surface area contributed by atoms with Gasteiger partial charge < -0.3 is 52.4 Å². The lowest BCUT2D eigenvalue weighted by Gasteiger charge is -2.34. The minimum atomic E-state index is -0.569. The van der Waals surface area contributed by atoms with Crippen molar-refractivity contribution in [3.8, 4) is 17.1 Å². The van der Waals surface area contributed by atoms with Crippen LogP contribution in [0.2, 0.25) is 5.02 Å². The molecule has 3 aromatic carbocycles. The number of benzene rings is 3. The van der Waals surface area contributed by atoms with E-state index < -0.39 is 34.7 Å². The predicted molar refractivity (Wildman–Crippen MR) is 452 cm³/mol. The summed E-state index contributed by atoms with van der Waals surface area (Å²) >= 11 is 6.46. The summed E-state index contributed by atoms with van der Waals surface area (Å²) in [5, 5.41) is 17.6. The highest BCUT2D eigenvalue weighted by Gasteiger charge is 2.53. The largest absolute Gasteiger partial charge is 0.490 e. The molecular formula is C90H107BClF3N12O14. The first-order chi connectivity index (χ1) is 57.3. The van der Waals surface area contributed by atoms with E-state index in [1.54, 1.807) is 71.2 Å². The molecule has 642 valence electrons. The molecule has 0 unspecified atom stereocenters. The second-order valence-corrected chi connectivity index (χ2v) is 36.0. The Hall–Kier alpha value is -10.7. The molecular weight excluding hydrogens is 1580 g/mol. The number of methoxy groups -OCH3 is 3. The van der Waals surface area contributed by atoms with Crippen molar-refractivity contribution >= 4 is 93.6 Å². The molecule has 10 heterocycles. The topological polar surface area (TPSA) is 278 Å². The van der Waals surface area contributed by atoms with Crippen LogP contribution in [-0.4, -0.2) is 191 Å². The standard InChI is InChI=1S/C28H33FN4O4.C28H31FN4O4.C18H15ClFN3O2.C16H28BNO4/c2*1-28(2,3)37-27(35)32-14-12-17(13-15-32)21-16-22(26(34)36-4)30-25-23(21)24(18-6-5-7-18)31-33(25)20-10-8-19(29)9-11-20;1-25-18(24)14-9-13(19)15-16(10-3-2-4-10)22-23(17(15)21-14)12-7-5-11(20)6-8-12;1-14(2,3)20-13(19)18-10-8-12(9-11-18)17-21-15(4,5)16(6,7)22-17/h8-11,16-18H,5-7,12-15H2,1-4H3;8-12,16,18H,5-7,13-15H2,1-4H3;5-10H,2-4H2,1H3;8H,9-11H2,1-7H3. The highest BCUT2D eigenvalue weighted by molar-refractivity contribution is 6.54. The average molecular weight is 1680 g/mol. The van der Waals surface area contributed by atoms with Gasteiger partial charge in [-0.2, -0.15) is 15.3 Å². The van der Waals surface area contributed by atoms with Crippen molar-refractivity contribution in [3.63, 3.8) is 0 Å². The van der Waals surface area contributed by atoms with Crippen molar-refractivity contribution in [1.29, 1.82) is 0 Å². The number of fused-ring (bicyclic) bond motifs is 3. The van der Waals surface area contributed by atoms with E-state index in [0.717, 1.165) is 132 Å². The Morgan fingerprint density at radius 2 is 0.802 bits per heavy atom. The van der Waals surface area contributed by atoms with Gasteiger partial charge in [0.05, 0.1) is 82.5 Å². The van der Waals surface area contributed by atoms with Crippen molar-refractivity contribution in [2.75, 3.05) is 60.6 Å². The number of pyridine rings is 3. The summed E-state index contributed by atoms with van der Waals surface area (Å²) in [5.41, 5.74) is 8.58. The Morgan fingerprint density at radius 1 is 0.446 bits per heavy atom. The smallest absolute Gasteiger partial charge is 0.464 e. The van der Waals surface area contributed by atoms with Crippen molar-refractivity contribution in [2.45, 2.75) is 225 Å². The van der Waals surface area contributed by atoms with Gasteiger partial charge in [0.1, 0.15) is 34.3 Å². The summed E-state index contributed by atoms with van der Waals surface area (Å²) in [6, 6.07) is 23.2. The molecule has 2 saturated heterocycles. The summed E-state index contributed by atoms with van der Waals surface area (Å²) in [4.78, 5) is 93.3. The number of carbonyl (C=O) groups is 6. The van der Waals surface area contributed by atoms with Gasteiger partial charge >= 0.3 is 43.3 Å². The lowest BCUT2D eigenvalue weighted by Crippen LogP contribution is -2.41. The monoisotopic (exact) mass is 1680 g/mol. The molecule has 5 fully saturated rings. The first-order valence-electron chi connectivity index (χ1n) is 41.5. The molecule has 3 amide bonds. The number of aromatic nitrogens is 9. The first-order valence-corrected chi connectivity index (χ1v) is 41.8. The van der Waals surface area contributed by atoms with Crippen LogP contribution in [0.5, 0.6) is 0 Å². The zero-order valence-electron chi connectivity index (χ0n) is 71.7. The van der Waals surface area contributed by atoms with Crippen molar-refractivity contribution < 1.29 is 79.7 Å². The fourth-order valence-corrected chi connectivity index (χ4v) is 15.6. The van der Waals surface area contributed by atoms with Crippen LogP contribution in [0.3, 0.4) is 0 Å². The van der Waals surface area contributed by atoms with Gasteiger partial charge in [0.25, 0.3) is 0 Å². The van der Waals surface area contributed by atoms with E-state index in [4.69, 9.17) is 69.6 Å². The van der Waals surface area contributed by atoms with Gasteiger partial charge in [-0.1, -0.05) is 43.0 Å². The zero-order valence-corrected chi connectivity index (χ0v) is 72.5. The van der Waals surface area contributed by atoms with Crippen molar-refractivity contribution in [3.05, 3.63) is 176 Å². The van der Waals surface area contributed by atoms with E-state index in [2.05, 4.69) is 9.97 Å². The van der Waals surface area contributed by atoms with Crippen LogP contribution in [0.15, 0.2) is 109 Å². The number of halogens is 4. The van der Waals surface area contributed by atoms with Gasteiger partial charge in [0.2, 0.25) is 0 Å². The highest BCUT2D eigenvalue weighted by atomic mass is 35.5. The third-order valence-corrected chi connectivity index (χ3v) is 23.4. The van der Waals surface area contributed by atoms with E-state index in [1.165, 1.54) is 63.8 Å². The minimum Gasteiger partial charge on any atom is -0.464 e. The van der Waals surface area contributed by atoms with Gasteiger partial charge in [-0.25, -0.2) is 70.9 Å². The summed E-state index contributed by atoms with van der Waals surface area (Å²) in [6.45, 7) is 28.1. The van der Waals surface area contributed by atoms with Gasteiger partial charge in [-0.05, 0) is 273 Å². The van der Waals surface area contributed by atoms with Crippen LogP contribution in [0.1, 0.15) is 257 Å². The predicted octanol–water partition coefficient (Wildman–Crippen LogP) is 18.8. The fourth-order valence-electron chi connectivity index (χ4n) is 15.3. The number of hydrogen-bond acceptors (Lipinski definition) is 20. The minimum absolute atomic E-state index is 0.109. The van der Waals surface area contributed by atoms with Crippen molar-refractivity contribution in [2.24, 2.45) is 0 Å². The van der Waals surface area contributed by atoms with E-state index >= 15 is 0 Å². The lowest BCUT2D eigenvalue weighted by atomic mass is 9.75. The van der Waals surface area contributed by atoms with Crippen LogP contribution >= 0.6 is 11.6 Å².